The Morgan fingerprint density at radius 1 is 1.07 bits per heavy atom. The number of fused-ring (bicyclic) bond motifs is 2. The van der Waals surface area contributed by atoms with Gasteiger partial charge in [0.1, 0.15) is 0 Å². The number of benzene rings is 2. The van der Waals surface area contributed by atoms with Crippen molar-refractivity contribution in [3.63, 3.8) is 0 Å². The van der Waals surface area contributed by atoms with Gasteiger partial charge in [0.05, 0.1) is 25.8 Å². The van der Waals surface area contributed by atoms with Gasteiger partial charge in [-0.1, -0.05) is 24.3 Å². The first-order chi connectivity index (χ1) is 14.2. The zero-order chi connectivity index (χ0) is 19.8. The van der Waals surface area contributed by atoms with Gasteiger partial charge in [0.25, 0.3) is 0 Å². The molecule has 2 aromatic rings. The number of ether oxygens (including phenoxy) is 2. The third kappa shape index (κ3) is 3.43. The Bertz CT molecular complexity index is 913. The topological polar surface area (TPSA) is 42.0 Å². The zero-order valence-corrected chi connectivity index (χ0v) is 17.0. The summed E-state index contributed by atoms with van der Waals surface area (Å²) < 4.78 is 11.6. The smallest absolute Gasteiger partial charge is 0.242 e. The van der Waals surface area contributed by atoms with Gasteiger partial charge in [-0.3, -0.25) is 4.79 Å². The molecule has 5 rings (SSSR count). The Morgan fingerprint density at radius 3 is 2.79 bits per heavy atom. The number of carbonyl (C=O) groups excluding carboxylic acids is 1. The molecule has 5 nitrogen and oxygen atoms in total. The number of carbonyl (C=O) groups is 1. The fraction of sp³-hybridized carbons (Fsp3) is 0.458. The lowest BCUT2D eigenvalue weighted by Crippen LogP contribution is -2.42. The van der Waals surface area contributed by atoms with E-state index in [0.29, 0.717) is 25.8 Å². The maximum Gasteiger partial charge on any atom is 0.242 e. The highest BCUT2D eigenvalue weighted by Crippen LogP contribution is 2.38. The van der Waals surface area contributed by atoms with Crippen LogP contribution in [0.1, 0.15) is 43.4 Å². The molecular weight excluding hydrogens is 364 g/mol. The molecule has 3 aliphatic heterocycles. The van der Waals surface area contributed by atoms with Gasteiger partial charge in [-0.15, -0.1) is 0 Å². The number of nitrogens with zero attached hydrogens (tertiary/aromatic N) is 2. The van der Waals surface area contributed by atoms with E-state index in [1.807, 2.05) is 6.07 Å². The lowest BCUT2D eigenvalue weighted by molar-refractivity contribution is -0.130. The summed E-state index contributed by atoms with van der Waals surface area (Å²) in [5.41, 5.74) is 3.70. The molecule has 0 spiro atoms. The van der Waals surface area contributed by atoms with Crippen molar-refractivity contribution in [2.45, 2.75) is 44.7 Å². The molecule has 0 saturated carbocycles. The van der Waals surface area contributed by atoms with E-state index in [1.54, 1.807) is 0 Å². The molecule has 2 atom stereocenters. The molecule has 1 fully saturated rings. The van der Waals surface area contributed by atoms with Gasteiger partial charge in [0, 0.05) is 24.7 Å². The van der Waals surface area contributed by atoms with Crippen LogP contribution >= 0.6 is 0 Å². The number of amides is 1. The Balaban J connectivity index is 1.35. The summed E-state index contributed by atoms with van der Waals surface area (Å²) in [6.45, 7) is 4.84. The van der Waals surface area contributed by atoms with Crippen molar-refractivity contribution < 1.29 is 14.3 Å². The molecular formula is C24H28N2O3. The molecule has 0 aromatic heterocycles. The van der Waals surface area contributed by atoms with Crippen molar-refractivity contribution in [3.05, 3.63) is 53.6 Å². The second-order valence-corrected chi connectivity index (χ2v) is 8.31. The van der Waals surface area contributed by atoms with Gasteiger partial charge in [-0.05, 0) is 55.5 Å². The zero-order valence-electron chi connectivity index (χ0n) is 17.0. The standard InChI is InChI=1S/C24H28N2O3/c1-17-14-18-6-2-3-7-21(18)26(17)16-24(27)25-11-4-8-20(25)19-9-10-22-23(15-19)29-13-5-12-28-22/h2-3,6-7,9-10,15,17,20H,4-5,8,11-14,16H2,1H3/t17-,20-/m1/s1. The van der Waals surface area contributed by atoms with Gasteiger partial charge < -0.3 is 19.3 Å². The van der Waals surface area contributed by atoms with E-state index < -0.39 is 0 Å². The molecule has 0 unspecified atom stereocenters. The molecule has 0 N–H and O–H groups in total. The molecule has 1 amide bonds. The molecule has 3 aliphatic rings. The summed E-state index contributed by atoms with van der Waals surface area (Å²) in [6.07, 6.45) is 3.94. The van der Waals surface area contributed by atoms with Crippen molar-refractivity contribution in [2.24, 2.45) is 0 Å². The molecule has 0 aliphatic carbocycles. The van der Waals surface area contributed by atoms with Crippen LogP contribution in [0, 0.1) is 0 Å². The Labute approximate surface area is 172 Å². The molecule has 0 radical (unpaired) electrons. The van der Waals surface area contributed by atoms with E-state index in [1.165, 1.54) is 11.3 Å². The highest BCUT2D eigenvalue weighted by Gasteiger charge is 2.34. The fourth-order valence-corrected chi connectivity index (χ4v) is 4.91. The van der Waals surface area contributed by atoms with E-state index in [0.717, 1.165) is 49.3 Å². The lowest BCUT2D eigenvalue weighted by atomic mass is 10.0. The van der Waals surface area contributed by atoms with Crippen LogP contribution in [0.5, 0.6) is 11.5 Å². The summed E-state index contributed by atoms with van der Waals surface area (Å²) in [4.78, 5) is 17.6. The Hall–Kier alpha value is -2.69. The van der Waals surface area contributed by atoms with Crippen LogP contribution < -0.4 is 14.4 Å². The number of rotatable bonds is 3. The number of anilines is 1. The van der Waals surface area contributed by atoms with Crippen molar-refractivity contribution >= 4 is 11.6 Å². The second kappa shape index (κ2) is 7.62. The average Bonchev–Trinajstić information content (AvgIpc) is 3.26. The minimum absolute atomic E-state index is 0.118. The number of likely N-dealkylation sites (tertiary alicyclic amines) is 1. The van der Waals surface area contributed by atoms with Crippen LogP contribution in [0.4, 0.5) is 5.69 Å². The van der Waals surface area contributed by atoms with E-state index in [2.05, 4.69) is 53.1 Å². The van der Waals surface area contributed by atoms with Crippen LogP contribution in [0.3, 0.4) is 0 Å². The van der Waals surface area contributed by atoms with E-state index >= 15 is 0 Å². The summed E-state index contributed by atoms with van der Waals surface area (Å²) >= 11 is 0. The third-order valence-electron chi connectivity index (χ3n) is 6.38. The molecule has 152 valence electrons. The maximum absolute atomic E-state index is 13.3. The molecule has 3 heterocycles. The summed E-state index contributed by atoms with van der Waals surface area (Å²) in [5.74, 6) is 1.83. The highest BCUT2D eigenvalue weighted by molar-refractivity contribution is 5.83. The fourth-order valence-electron chi connectivity index (χ4n) is 4.91. The van der Waals surface area contributed by atoms with Crippen LogP contribution in [0.2, 0.25) is 0 Å². The number of hydrogen-bond acceptors (Lipinski definition) is 4. The summed E-state index contributed by atoms with van der Waals surface area (Å²) in [6, 6.07) is 15.1. The van der Waals surface area contributed by atoms with Crippen LogP contribution in [-0.2, 0) is 11.2 Å². The van der Waals surface area contributed by atoms with Gasteiger partial charge in [0.2, 0.25) is 5.91 Å². The van der Waals surface area contributed by atoms with E-state index in [4.69, 9.17) is 9.47 Å². The second-order valence-electron chi connectivity index (χ2n) is 8.31. The summed E-state index contributed by atoms with van der Waals surface area (Å²) in [5, 5.41) is 0. The first-order valence-corrected chi connectivity index (χ1v) is 10.7. The number of hydrogen-bond donors (Lipinski definition) is 0. The van der Waals surface area contributed by atoms with Crippen LogP contribution in [0.15, 0.2) is 42.5 Å². The van der Waals surface area contributed by atoms with Crippen LogP contribution in [-0.4, -0.2) is 43.2 Å². The number of para-hydroxylation sites is 1. The van der Waals surface area contributed by atoms with Crippen molar-refractivity contribution in [3.8, 4) is 11.5 Å². The Morgan fingerprint density at radius 2 is 1.90 bits per heavy atom. The van der Waals surface area contributed by atoms with Crippen molar-refractivity contribution in [2.75, 3.05) is 31.2 Å². The van der Waals surface area contributed by atoms with Gasteiger partial charge in [0.15, 0.2) is 11.5 Å². The highest BCUT2D eigenvalue weighted by atomic mass is 16.5. The molecule has 5 heteroatoms. The largest absolute Gasteiger partial charge is 0.490 e. The summed E-state index contributed by atoms with van der Waals surface area (Å²) in [7, 11) is 0. The quantitative estimate of drug-likeness (QED) is 0.793. The third-order valence-corrected chi connectivity index (χ3v) is 6.38. The molecule has 1 saturated heterocycles. The van der Waals surface area contributed by atoms with Gasteiger partial charge in [-0.25, -0.2) is 0 Å². The average molecular weight is 392 g/mol. The lowest BCUT2D eigenvalue weighted by Gasteiger charge is -2.30. The normalized spacial score (nSPS) is 23.1. The van der Waals surface area contributed by atoms with E-state index in [9.17, 15) is 4.79 Å². The van der Waals surface area contributed by atoms with E-state index in [-0.39, 0.29) is 11.9 Å². The van der Waals surface area contributed by atoms with Gasteiger partial charge in [-0.2, -0.15) is 0 Å². The first kappa shape index (κ1) is 18.3. The Kier molecular flexibility index (Phi) is 4.82. The maximum atomic E-state index is 13.3. The van der Waals surface area contributed by atoms with Crippen molar-refractivity contribution in [1.82, 2.24) is 4.90 Å². The van der Waals surface area contributed by atoms with Gasteiger partial charge >= 0.3 is 0 Å². The van der Waals surface area contributed by atoms with Crippen LogP contribution in [0.25, 0.3) is 0 Å². The van der Waals surface area contributed by atoms with Crippen molar-refractivity contribution in [1.29, 1.82) is 0 Å². The molecule has 29 heavy (non-hydrogen) atoms. The first-order valence-electron chi connectivity index (χ1n) is 10.7. The minimum atomic E-state index is 0.118. The molecule has 2 aromatic carbocycles. The molecule has 0 bridgehead atoms. The predicted molar refractivity (Wildman–Crippen MR) is 113 cm³/mol. The predicted octanol–water partition coefficient (Wildman–Crippen LogP) is 3.96. The SMILES string of the molecule is C[C@@H]1Cc2ccccc2N1CC(=O)N1CCC[C@@H]1c1ccc2c(c1)OCCCO2. The monoisotopic (exact) mass is 392 g/mol. The minimum Gasteiger partial charge on any atom is -0.490 e.